The molecule has 2 aromatic rings. The van der Waals surface area contributed by atoms with Crippen LogP contribution < -0.4 is 16.0 Å². The lowest BCUT2D eigenvalue weighted by Crippen LogP contribution is -2.27. The van der Waals surface area contributed by atoms with E-state index in [1.807, 2.05) is 37.4 Å². The van der Waals surface area contributed by atoms with Crippen molar-refractivity contribution in [2.24, 2.45) is 5.73 Å². The van der Waals surface area contributed by atoms with E-state index < -0.39 is 0 Å². The maximum atomic E-state index is 14.2. The minimum absolute atomic E-state index is 0.0743. The molecule has 1 saturated heterocycles. The van der Waals surface area contributed by atoms with E-state index in [2.05, 4.69) is 10.2 Å². The van der Waals surface area contributed by atoms with Crippen LogP contribution in [0.4, 0.5) is 10.2 Å². The summed E-state index contributed by atoms with van der Waals surface area (Å²) in [5.41, 5.74) is 9.66. The summed E-state index contributed by atoms with van der Waals surface area (Å²) in [7, 11) is 0. The van der Waals surface area contributed by atoms with Gasteiger partial charge in [-0.25, -0.2) is 9.37 Å². The predicted molar refractivity (Wildman–Crippen MR) is 98.7 cm³/mol. The molecule has 0 spiro atoms. The summed E-state index contributed by atoms with van der Waals surface area (Å²) in [6.07, 6.45) is 3.67. The molecule has 0 radical (unpaired) electrons. The Morgan fingerprint density at radius 3 is 2.84 bits per heavy atom. The van der Waals surface area contributed by atoms with Crippen LogP contribution in [0.25, 0.3) is 5.57 Å². The van der Waals surface area contributed by atoms with Crippen molar-refractivity contribution in [3.8, 4) is 0 Å². The first kappa shape index (κ1) is 16.1. The van der Waals surface area contributed by atoms with Crippen LogP contribution in [0.2, 0.25) is 0 Å². The summed E-state index contributed by atoms with van der Waals surface area (Å²) in [4.78, 5) is 7.06. The zero-order valence-corrected chi connectivity index (χ0v) is 14.4. The Labute approximate surface area is 147 Å². The number of benzene rings is 1. The first-order chi connectivity index (χ1) is 12.1. The van der Waals surface area contributed by atoms with Crippen LogP contribution in [-0.4, -0.2) is 24.1 Å². The lowest BCUT2D eigenvalue weighted by atomic mass is 9.96. The molecule has 4 nitrogen and oxygen atoms in total. The van der Waals surface area contributed by atoms with Crippen LogP contribution in [0.1, 0.15) is 35.7 Å². The number of nitrogens with two attached hydrogens (primary N) is 1. The number of rotatable bonds is 3. The molecule has 1 fully saturated rings. The zero-order valence-electron chi connectivity index (χ0n) is 14.4. The molecule has 3 heterocycles. The van der Waals surface area contributed by atoms with Gasteiger partial charge in [-0.2, -0.15) is 0 Å². The second-order valence-corrected chi connectivity index (χ2v) is 6.94. The molecule has 2 aliphatic rings. The topological polar surface area (TPSA) is 54.2 Å². The Bertz CT molecular complexity index is 797. The summed E-state index contributed by atoms with van der Waals surface area (Å²) in [5.74, 6) is 0.809. The SMILES string of the molecule is Cc1cccc(F)c1C1=CNC(c2cccc(N3CCC(N)C3)n2)C1. The van der Waals surface area contributed by atoms with E-state index in [1.54, 1.807) is 6.07 Å². The van der Waals surface area contributed by atoms with Gasteiger partial charge >= 0.3 is 0 Å². The summed E-state index contributed by atoms with van der Waals surface area (Å²) < 4.78 is 14.2. The summed E-state index contributed by atoms with van der Waals surface area (Å²) in [6.45, 7) is 3.75. The molecule has 3 N–H and O–H groups in total. The van der Waals surface area contributed by atoms with Crippen molar-refractivity contribution in [3.63, 3.8) is 0 Å². The van der Waals surface area contributed by atoms with E-state index in [0.29, 0.717) is 5.56 Å². The Morgan fingerprint density at radius 2 is 2.08 bits per heavy atom. The van der Waals surface area contributed by atoms with Crippen LogP contribution in [0, 0.1) is 12.7 Å². The quantitative estimate of drug-likeness (QED) is 0.903. The van der Waals surface area contributed by atoms with Crippen molar-refractivity contribution < 1.29 is 4.39 Å². The van der Waals surface area contributed by atoms with Gasteiger partial charge in [-0.3, -0.25) is 0 Å². The Hall–Kier alpha value is -2.40. The molecule has 130 valence electrons. The summed E-state index contributed by atoms with van der Waals surface area (Å²) >= 11 is 0. The first-order valence-corrected chi connectivity index (χ1v) is 8.80. The second kappa shape index (κ2) is 6.48. The normalized spacial score (nSPS) is 22.8. The van der Waals surface area contributed by atoms with Crippen molar-refractivity contribution in [1.82, 2.24) is 10.3 Å². The van der Waals surface area contributed by atoms with Gasteiger partial charge in [-0.05, 0) is 42.7 Å². The van der Waals surface area contributed by atoms with Gasteiger partial charge in [0.25, 0.3) is 0 Å². The van der Waals surface area contributed by atoms with E-state index in [9.17, 15) is 4.39 Å². The monoisotopic (exact) mass is 338 g/mol. The van der Waals surface area contributed by atoms with Crippen molar-refractivity contribution >= 4 is 11.4 Å². The molecule has 0 amide bonds. The summed E-state index contributed by atoms with van der Waals surface area (Å²) in [6, 6.07) is 11.6. The van der Waals surface area contributed by atoms with Crippen LogP contribution in [0.5, 0.6) is 0 Å². The zero-order chi connectivity index (χ0) is 17.4. The average molecular weight is 338 g/mol. The number of nitrogens with one attached hydrogen (secondary N) is 1. The van der Waals surface area contributed by atoms with Gasteiger partial charge in [-0.15, -0.1) is 0 Å². The van der Waals surface area contributed by atoms with Crippen molar-refractivity contribution in [3.05, 3.63) is 65.2 Å². The maximum absolute atomic E-state index is 14.2. The van der Waals surface area contributed by atoms with Gasteiger partial charge in [0.2, 0.25) is 0 Å². The van der Waals surface area contributed by atoms with Gasteiger partial charge in [0.1, 0.15) is 11.6 Å². The van der Waals surface area contributed by atoms with Crippen molar-refractivity contribution in [2.75, 3.05) is 18.0 Å². The fourth-order valence-electron chi connectivity index (χ4n) is 3.75. The molecular formula is C20H23FN4. The molecular weight excluding hydrogens is 315 g/mol. The van der Waals surface area contributed by atoms with Gasteiger partial charge in [0.05, 0.1) is 11.7 Å². The second-order valence-electron chi connectivity index (χ2n) is 6.94. The highest BCUT2D eigenvalue weighted by Gasteiger charge is 2.25. The number of halogens is 1. The summed E-state index contributed by atoms with van der Waals surface area (Å²) in [5, 5.41) is 3.37. The highest BCUT2D eigenvalue weighted by atomic mass is 19.1. The number of hydrogen-bond donors (Lipinski definition) is 2. The first-order valence-electron chi connectivity index (χ1n) is 8.80. The van der Waals surface area contributed by atoms with Crippen LogP contribution in [0.3, 0.4) is 0 Å². The smallest absolute Gasteiger partial charge is 0.131 e. The Balaban J connectivity index is 1.53. The number of nitrogens with zero attached hydrogens (tertiary/aromatic N) is 2. The lowest BCUT2D eigenvalue weighted by Gasteiger charge is -2.19. The largest absolute Gasteiger partial charge is 0.382 e. The molecule has 0 bridgehead atoms. The number of hydrogen-bond acceptors (Lipinski definition) is 4. The fraction of sp³-hybridized carbons (Fsp3) is 0.350. The molecule has 0 saturated carbocycles. The number of anilines is 1. The van der Waals surface area contributed by atoms with Crippen molar-refractivity contribution in [2.45, 2.75) is 31.8 Å². The van der Waals surface area contributed by atoms with E-state index >= 15 is 0 Å². The molecule has 4 rings (SSSR count). The number of pyridine rings is 1. The van der Waals surface area contributed by atoms with Crippen LogP contribution in [-0.2, 0) is 0 Å². The van der Waals surface area contributed by atoms with Gasteiger partial charge in [0.15, 0.2) is 0 Å². The number of aromatic nitrogens is 1. The average Bonchev–Trinajstić information content (AvgIpc) is 3.24. The highest BCUT2D eigenvalue weighted by Crippen LogP contribution is 2.34. The standard InChI is InChI=1S/C20H23FN4/c1-13-4-2-5-16(21)20(13)14-10-18(23-11-14)17-6-3-7-19(24-17)25-9-8-15(22)12-25/h2-7,11,15,18,23H,8-10,12,22H2,1H3. The van der Waals surface area contributed by atoms with Gasteiger partial charge in [0, 0.05) is 37.3 Å². The molecule has 2 aliphatic heterocycles. The predicted octanol–water partition coefficient (Wildman–Crippen LogP) is 3.14. The van der Waals surface area contributed by atoms with Gasteiger partial charge < -0.3 is 16.0 Å². The van der Waals surface area contributed by atoms with E-state index in [0.717, 1.165) is 48.6 Å². The molecule has 5 heteroatoms. The van der Waals surface area contributed by atoms with Gasteiger partial charge in [-0.1, -0.05) is 18.2 Å². The number of aryl methyl sites for hydroxylation is 1. The third kappa shape index (κ3) is 3.12. The molecule has 0 aliphatic carbocycles. The fourth-order valence-corrected chi connectivity index (χ4v) is 3.75. The Morgan fingerprint density at radius 1 is 1.24 bits per heavy atom. The molecule has 1 aromatic heterocycles. The lowest BCUT2D eigenvalue weighted by molar-refractivity contribution is 0.619. The molecule has 2 unspecified atom stereocenters. The third-order valence-corrected chi connectivity index (χ3v) is 5.09. The molecule has 2 atom stereocenters. The minimum Gasteiger partial charge on any atom is -0.382 e. The molecule has 1 aromatic carbocycles. The van der Waals surface area contributed by atoms with E-state index in [4.69, 9.17) is 10.7 Å². The maximum Gasteiger partial charge on any atom is 0.131 e. The highest BCUT2D eigenvalue weighted by molar-refractivity contribution is 5.70. The van der Waals surface area contributed by atoms with Crippen LogP contribution >= 0.6 is 0 Å². The van der Waals surface area contributed by atoms with Crippen molar-refractivity contribution in [1.29, 1.82) is 0 Å². The van der Waals surface area contributed by atoms with E-state index in [1.165, 1.54) is 6.07 Å². The minimum atomic E-state index is -0.165. The third-order valence-electron chi connectivity index (χ3n) is 5.09. The molecule has 25 heavy (non-hydrogen) atoms. The van der Waals surface area contributed by atoms with E-state index in [-0.39, 0.29) is 17.9 Å². The van der Waals surface area contributed by atoms with Crippen LogP contribution in [0.15, 0.2) is 42.6 Å². The Kier molecular flexibility index (Phi) is 4.17.